The summed E-state index contributed by atoms with van der Waals surface area (Å²) in [7, 11) is 0. The van der Waals surface area contributed by atoms with E-state index in [4.69, 9.17) is 0 Å². The van der Waals surface area contributed by atoms with E-state index in [0.29, 0.717) is 12.0 Å². The van der Waals surface area contributed by atoms with E-state index in [0.717, 1.165) is 0 Å². The second-order valence-electron chi connectivity index (χ2n) is 4.00. The van der Waals surface area contributed by atoms with Crippen molar-refractivity contribution in [3.8, 4) is 0 Å². The van der Waals surface area contributed by atoms with Crippen LogP contribution in [0.3, 0.4) is 0 Å². The predicted molar refractivity (Wildman–Crippen MR) is 50.1 cm³/mol. The number of rotatable bonds is 2. The Labute approximate surface area is 74.3 Å². The molecule has 12 heavy (non-hydrogen) atoms. The second kappa shape index (κ2) is 3.74. The SMILES string of the molecule is CC/C(O)=C(\C)C(=O)C(C)(C)C. The van der Waals surface area contributed by atoms with Crippen molar-refractivity contribution in [1.82, 2.24) is 0 Å². The fourth-order valence-corrected chi connectivity index (χ4v) is 0.959. The van der Waals surface area contributed by atoms with Crippen molar-refractivity contribution in [3.63, 3.8) is 0 Å². The van der Waals surface area contributed by atoms with Crippen molar-refractivity contribution in [2.45, 2.75) is 41.0 Å². The molecular weight excluding hydrogens is 152 g/mol. The highest BCUT2D eigenvalue weighted by molar-refractivity contribution is 5.98. The minimum absolute atomic E-state index is 0.0156. The van der Waals surface area contributed by atoms with Crippen molar-refractivity contribution in [1.29, 1.82) is 0 Å². The van der Waals surface area contributed by atoms with Crippen molar-refractivity contribution in [3.05, 3.63) is 11.3 Å². The highest BCUT2D eigenvalue weighted by Gasteiger charge is 2.24. The van der Waals surface area contributed by atoms with Crippen LogP contribution in [0.2, 0.25) is 0 Å². The van der Waals surface area contributed by atoms with Crippen LogP contribution in [-0.2, 0) is 4.79 Å². The normalized spacial score (nSPS) is 14.1. The van der Waals surface area contributed by atoms with Crippen LogP contribution in [0.25, 0.3) is 0 Å². The number of Topliss-reactive ketones (excluding diaryl/α,β-unsaturated/α-hetero) is 1. The topological polar surface area (TPSA) is 37.3 Å². The van der Waals surface area contributed by atoms with Crippen LogP contribution < -0.4 is 0 Å². The number of aliphatic hydroxyl groups is 1. The lowest BCUT2D eigenvalue weighted by Crippen LogP contribution is -2.21. The van der Waals surface area contributed by atoms with Crippen LogP contribution in [0.4, 0.5) is 0 Å². The molecule has 0 aromatic carbocycles. The van der Waals surface area contributed by atoms with E-state index in [2.05, 4.69) is 0 Å². The fourth-order valence-electron chi connectivity index (χ4n) is 0.959. The summed E-state index contributed by atoms with van der Waals surface area (Å²) in [6.45, 7) is 9.05. The number of ketones is 1. The average Bonchev–Trinajstić information content (AvgIpc) is 1.98. The third kappa shape index (κ3) is 2.68. The molecule has 1 N–H and O–H groups in total. The molecule has 0 fully saturated rings. The fraction of sp³-hybridized carbons (Fsp3) is 0.700. The second-order valence-corrected chi connectivity index (χ2v) is 4.00. The van der Waals surface area contributed by atoms with Crippen molar-refractivity contribution in [2.24, 2.45) is 5.41 Å². The van der Waals surface area contributed by atoms with Gasteiger partial charge in [-0.1, -0.05) is 27.7 Å². The summed E-state index contributed by atoms with van der Waals surface area (Å²) in [5.74, 6) is 0.219. The third-order valence-corrected chi connectivity index (χ3v) is 1.79. The Hall–Kier alpha value is -0.790. The highest BCUT2D eigenvalue weighted by atomic mass is 16.3. The van der Waals surface area contributed by atoms with E-state index in [1.807, 2.05) is 27.7 Å². The van der Waals surface area contributed by atoms with E-state index >= 15 is 0 Å². The molecule has 0 aliphatic carbocycles. The van der Waals surface area contributed by atoms with Gasteiger partial charge in [0.1, 0.15) is 0 Å². The molecule has 0 aliphatic heterocycles. The summed E-state index contributed by atoms with van der Waals surface area (Å²) < 4.78 is 0. The molecule has 2 nitrogen and oxygen atoms in total. The van der Waals surface area contributed by atoms with E-state index in [1.165, 1.54) is 0 Å². The van der Waals surface area contributed by atoms with Gasteiger partial charge in [-0.25, -0.2) is 0 Å². The van der Waals surface area contributed by atoms with Crippen LogP contribution in [0.1, 0.15) is 41.0 Å². The standard InChI is InChI=1S/C10H18O2/c1-6-8(11)7(2)9(12)10(3,4)5/h11H,6H2,1-5H3/b8-7-. The van der Waals surface area contributed by atoms with Gasteiger partial charge in [0.05, 0.1) is 5.76 Å². The number of carbonyl (C=O) groups is 1. The van der Waals surface area contributed by atoms with Crippen LogP contribution >= 0.6 is 0 Å². The molecule has 0 spiro atoms. The Morgan fingerprint density at radius 3 is 2.00 bits per heavy atom. The van der Waals surface area contributed by atoms with Gasteiger partial charge in [-0.15, -0.1) is 0 Å². The number of hydrogen-bond donors (Lipinski definition) is 1. The lowest BCUT2D eigenvalue weighted by molar-refractivity contribution is -0.122. The molecule has 0 atom stereocenters. The van der Waals surface area contributed by atoms with Crippen molar-refractivity contribution >= 4 is 5.78 Å². The van der Waals surface area contributed by atoms with Crippen LogP contribution in [0.15, 0.2) is 11.3 Å². The highest BCUT2D eigenvalue weighted by Crippen LogP contribution is 2.21. The van der Waals surface area contributed by atoms with E-state index < -0.39 is 5.41 Å². The molecule has 2 heteroatoms. The molecule has 0 unspecified atom stereocenters. The smallest absolute Gasteiger partial charge is 0.167 e. The van der Waals surface area contributed by atoms with Gasteiger partial charge >= 0.3 is 0 Å². The molecule has 0 rings (SSSR count). The maximum absolute atomic E-state index is 11.5. The first-order chi connectivity index (χ1) is 5.30. The molecular formula is C10H18O2. The molecule has 0 heterocycles. The number of aliphatic hydroxyl groups excluding tert-OH is 1. The molecule has 0 aromatic rings. The zero-order valence-electron chi connectivity index (χ0n) is 8.56. The Bertz CT molecular complexity index is 206. The molecule has 0 radical (unpaired) electrons. The lowest BCUT2D eigenvalue weighted by atomic mass is 9.86. The molecule has 0 aliphatic rings. The summed E-state index contributed by atoms with van der Waals surface area (Å²) in [5, 5.41) is 9.32. The first-order valence-electron chi connectivity index (χ1n) is 4.24. The van der Waals surface area contributed by atoms with Crippen LogP contribution in [0, 0.1) is 5.41 Å². The number of hydrogen-bond acceptors (Lipinski definition) is 2. The van der Waals surface area contributed by atoms with Crippen LogP contribution in [-0.4, -0.2) is 10.9 Å². The number of allylic oxidation sites excluding steroid dienone is 2. The minimum Gasteiger partial charge on any atom is -0.512 e. The maximum Gasteiger partial charge on any atom is 0.167 e. The van der Waals surface area contributed by atoms with Gasteiger partial charge in [0.15, 0.2) is 5.78 Å². The van der Waals surface area contributed by atoms with Crippen molar-refractivity contribution in [2.75, 3.05) is 0 Å². The Balaban J connectivity index is 4.74. The average molecular weight is 170 g/mol. The van der Waals surface area contributed by atoms with Crippen LogP contribution in [0.5, 0.6) is 0 Å². The summed E-state index contributed by atoms with van der Waals surface area (Å²) in [6, 6.07) is 0. The Kier molecular flexibility index (Phi) is 3.50. The quantitative estimate of drug-likeness (QED) is 0.511. The summed E-state index contributed by atoms with van der Waals surface area (Å²) in [5.41, 5.74) is 0.0951. The molecule has 0 bridgehead atoms. The Morgan fingerprint density at radius 2 is 1.75 bits per heavy atom. The van der Waals surface area contributed by atoms with Gasteiger partial charge in [0.2, 0.25) is 0 Å². The monoisotopic (exact) mass is 170 g/mol. The van der Waals surface area contributed by atoms with Gasteiger partial charge in [-0.2, -0.15) is 0 Å². The first-order valence-corrected chi connectivity index (χ1v) is 4.24. The first kappa shape index (κ1) is 11.2. The van der Waals surface area contributed by atoms with Gasteiger partial charge in [-0.05, 0) is 6.92 Å². The molecule has 0 aromatic heterocycles. The molecule has 0 saturated heterocycles. The summed E-state index contributed by atoms with van der Waals surface area (Å²) >= 11 is 0. The molecule has 0 saturated carbocycles. The Morgan fingerprint density at radius 1 is 1.33 bits per heavy atom. The lowest BCUT2D eigenvalue weighted by Gasteiger charge is -2.17. The van der Waals surface area contributed by atoms with E-state index in [1.54, 1.807) is 6.92 Å². The molecule has 70 valence electrons. The van der Waals surface area contributed by atoms with Gasteiger partial charge in [-0.3, -0.25) is 4.79 Å². The number of carbonyl (C=O) groups excluding carboxylic acids is 1. The third-order valence-electron chi connectivity index (χ3n) is 1.79. The van der Waals surface area contributed by atoms with Gasteiger partial charge in [0.25, 0.3) is 0 Å². The molecule has 0 amide bonds. The predicted octanol–water partition coefficient (Wildman–Crippen LogP) is 2.84. The zero-order chi connectivity index (χ0) is 9.94. The summed E-state index contributed by atoms with van der Waals surface area (Å²) in [6.07, 6.45) is 0.521. The largest absolute Gasteiger partial charge is 0.512 e. The maximum atomic E-state index is 11.5. The van der Waals surface area contributed by atoms with E-state index in [9.17, 15) is 9.90 Å². The van der Waals surface area contributed by atoms with Crippen molar-refractivity contribution < 1.29 is 9.90 Å². The minimum atomic E-state index is -0.396. The van der Waals surface area contributed by atoms with Gasteiger partial charge in [0, 0.05) is 17.4 Å². The van der Waals surface area contributed by atoms with E-state index in [-0.39, 0.29) is 11.5 Å². The zero-order valence-corrected chi connectivity index (χ0v) is 8.56. The van der Waals surface area contributed by atoms with Gasteiger partial charge < -0.3 is 5.11 Å². The summed E-state index contributed by atoms with van der Waals surface area (Å²) in [4.78, 5) is 11.5.